The molecule has 0 bridgehead atoms. The second kappa shape index (κ2) is 8.29. The smallest absolute Gasteiger partial charge is 0.237 e. The maximum Gasteiger partial charge on any atom is 0.237 e. The SMILES string of the molecule is C[C@H](NC(=O)C1CCCN1)c1cccnc1.Cl.Cl. The molecule has 1 aliphatic heterocycles. The number of aromatic nitrogens is 1. The summed E-state index contributed by atoms with van der Waals surface area (Å²) in [4.78, 5) is 15.9. The molecule has 0 aromatic carbocycles. The van der Waals surface area contributed by atoms with Crippen molar-refractivity contribution >= 4 is 30.7 Å². The number of nitrogens with one attached hydrogen (secondary N) is 2. The Hall–Kier alpha value is -0.840. The number of hydrogen-bond acceptors (Lipinski definition) is 3. The lowest BCUT2D eigenvalue weighted by atomic mass is 10.1. The third-order valence-corrected chi connectivity index (χ3v) is 2.92. The summed E-state index contributed by atoms with van der Waals surface area (Å²) in [6.07, 6.45) is 5.54. The van der Waals surface area contributed by atoms with E-state index in [1.54, 1.807) is 12.4 Å². The number of hydrogen-bond donors (Lipinski definition) is 2. The predicted octanol–water partition coefficient (Wildman–Crippen LogP) is 1.85. The molecule has 1 aliphatic rings. The van der Waals surface area contributed by atoms with Gasteiger partial charge in [0, 0.05) is 12.4 Å². The maximum absolute atomic E-state index is 11.8. The first-order valence-electron chi connectivity index (χ1n) is 5.71. The quantitative estimate of drug-likeness (QED) is 0.894. The van der Waals surface area contributed by atoms with Crippen LogP contribution in [0.4, 0.5) is 0 Å². The van der Waals surface area contributed by atoms with Crippen LogP contribution in [0.3, 0.4) is 0 Å². The van der Waals surface area contributed by atoms with Gasteiger partial charge in [-0.3, -0.25) is 9.78 Å². The number of nitrogens with zero attached hydrogens (tertiary/aromatic N) is 1. The van der Waals surface area contributed by atoms with Gasteiger partial charge in [-0.25, -0.2) is 0 Å². The van der Waals surface area contributed by atoms with Gasteiger partial charge in [-0.15, -0.1) is 24.8 Å². The molecule has 1 aromatic heterocycles. The van der Waals surface area contributed by atoms with E-state index in [1.807, 2.05) is 19.1 Å². The predicted molar refractivity (Wildman–Crippen MR) is 76.3 cm³/mol. The minimum absolute atomic E-state index is 0. The maximum atomic E-state index is 11.8. The summed E-state index contributed by atoms with van der Waals surface area (Å²) >= 11 is 0. The fourth-order valence-corrected chi connectivity index (χ4v) is 1.94. The van der Waals surface area contributed by atoms with Crippen LogP contribution in [0.5, 0.6) is 0 Å². The van der Waals surface area contributed by atoms with Gasteiger partial charge in [0.2, 0.25) is 5.91 Å². The number of pyridine rings is 1. The largest absolute Gasteiger partial charge is 0.348 e. The van der Waals surface area contributed by atoms with Crippen molar-refractivity contribution in [3.8, 4) is 0 Å². The molecule has 0 aliphatic carbocycles. The molecule has 0 radical (unpaired) electrons. The summed E-state index contributed by atoms with van der Waals surface area (Å²) in [5.74, 6) is 0.0915. The van der Waals surface area contributed by atoms with Crippen molar-refractivity contribution in [3.63, 3.8) is 0 Å². The Labute approximate surface area is 120 Å². The summed E-state index contributed by atoms with van der Waals surface area (Å²) in [6.45, 7) is 2.92. The topological polar surface area (TPSA) is 54.0 Å². The van der Waals surface area contributed by atoms with E-state index in [-0.39, 0.29) is 42.8 Å². The Bertz CT molecular complexity index is 356. The molecule has 0 spiro atoms. The molecule has 6 heteroatoms. The van der Waals surface area contributed by atoms with Crippen molar-refractivity contribution in [1.82, 2.24) is 15.6 Å². The number of carbonyl (C=O) groups is 1. The fraction of sp³-hybridized carbons (Fsp3) is 0.500. The van der Waals surface area contributed by atoms with E-state index >= 15 is 0 Å². The zero-order valence-electron chi connectivity index (χ0n) is 10.3. The van der Waals surface area contributed by atoms with E-state index in [0.29, 0.717) is 0 Å². The first-order valence-corrected chi connectivity index (χ1v) is 5.71. The fourth-order valence-electron chi connectivity index (χ4n) is 1.94. The summed E-state index contributed by atoms with van der Waals surface area (Å²) in [5, 5.41) is 6.18. The van der Waals surface area contributed by atoms with Crippen LogP contribution >= 0.6 is 24.8 Å². The molecule has 1 unspecified atom stereocenters. The Kier molecular flexibility index (Phi) is 7.91. The number of rotatable bonds is 3. The van der Waals surface area contributed by atoms with Crippen molar-refractivity contribution in [2.24, 2.45) is 0 Å². The van der Waals surface area contributed by atoms with Crippen molar-refractivity contribution in [1.29, 1.82) is 0 Å². The van der Waals surface area contributed by atoms with E-state index in [4.69, 9.17) is 0 Å². The molecule has 2 rings (SSSR count). The van der Waals surface area contributed by atoms with Crippen LogP contribution in [-0.4, -0.2) is 23.5 Å². The summed E-state index contributed by atoms with van der Waals surface area (Å²) < 4.78 is 0. The van der Waals surface area contributed by atoms with Gasteiger partial charge < -0.3 is 10.6 Å². The lowest BCUT2D eigenvalue weighted by Gasteiger charge is -2.17. The molecular weight excluding hydrogens is 273 g/mol. The molecule has 1 amide bonds. The Morgan fingerprint density at radius 1 is 1.56 bits per heavy atom. The van der Waals surface area contributed by atoms with Gasteiger partial charge in [0.05, 0.1) is 12.1 Å². The van der Waals surface area contributed by atoms with E-state index in [1.165, 1.54) is 0 Å². The molecule has 0 saturated carbocycles. The highest BCUT2D eigenvalue weighted by Crippen LogP contribution is 2.12. The highest BCUT2D eigenvalue weighted by Gasteiger charge is 2.23. The molecule has 4 nitrogen and oxygen atoms in total. The summed E-state index contributed by atoms with van der Waals surface area (Å²) in [7, 11) is 0. The average Bonchev–Trinajstić information content (AvgIpc) is 2.83. The second-order valence-electron chi connectivity index (χ2n) is 4.17. The standard InChI is InChI=1S/C12H17N3O.2ClH/c1-9(10-4-2-6-13-8-10)15-12(16)11-5-3-7-14-11;;/h2,4,6,8-9,11,14H,3,5,7H2,1H3,(H,15,16);2*1H/t9-,11?;;/m0../s1. The zero-order valence-corrected chi connectivity index (χ0v) is 11.9. The first-order chi connectivity index (χ1) is 7.77. The molecule has 1 aromatic rings. The van der Waals surface area contributed by atoms with Crippen molar-refractivity contribution in [2.75, 3.05) is 6.54 Å². The summed E-state index contributed by atoms with van der Waals surface area (Å²) in [5.41, 5.74) is 1.04. The van der Waals surface area contributed by atoms with Crippen LogP contribution < -0.4 is 10.6 Å². The van der Waals surface area contributed by atoms with Crippen molar-refractivity contribution in [2.45, 2.75) is 31.8 Å². The summed E-state index contributed by atoms with van der Waals surface area (Å²) in [6, 6.07) is 3.86. The van der Waals surface area contributed by atoms with E-state index in [0.717, 1.165) is 24.9 Å². The van der Waals surface area contributed by atoms with E-state index in [9.17, 15) is 4.79 Å². The van der Waals surface area contributed by atoms with Gasteiger partial charge in [0.15, 0.2) is 0 Å². The third kappa shape index (κ3) is 4.44. The van der Waals surface area contributed by atoms with Crippen molar-refractivity contribution in [3.05, 3.63) is 30.1 Å². The van der Waals surface area contributed by atoms with E-state index < -0.39 is 0 Å². The Morgan fingerprint density at radius 2 is 2.33 bits per heavy atom. The molecule has 2 heterocycles. The normalized spacial score (nSPS) is 19.3. The van der Waals surface area contributed by atoms with Crippen molar-refractivity contribution < 1.29 is 4.79 Å². The average molecular weight is 292 g/mol. The Morgan fingerprint density at radius 3 is 2.89 bits per heavy atom. The zero-order chi connectivity index (χ0) is 11.4. The van der Waals surface area contributed by atoms with E-state index in [2.05, 4.69) is 15.6 Å². The molecule has 1 fully saturated rings. The van der Waals surface area contributed by atoms with Gasteiger partial charge in [-0.1, -0.05) is 6.07 Å². The third-order valence-electron chi connectivity index (χ3n) is 2.92. The van der Waals surface area contributed by atoms with Crippen LogP contribution in [0.1, 0.15) is 31.4 Å². The molecular formula is C12H19Cl2N3O. The monoisotopic (exact) mass is 291 g/mol. The highest BCUT2D eigenvalue weighted by molar-refractivity contribution is 5.85. The minimum atomic E-state index is -0.0147. The van der Waals surface area contributed by atoms with Gasteiger partial charge >= 0.3 is 0 Å². The van der Waals surface area contributed by atoms with Gasteiger partial charge in [-0.2, -0.15) is 0 Å². The minimum Gasteiger partial charge on any atom is -0.348 e. The van der Waals surface area contributed by atoms with Crippen LogP contribution in [0.2, 0.25) is 0 Å². The number of halogens is 2. The van der Waals surface area contributed by atoms with Gasteiger partial charge in [0.1, 0.15) is 0 Å². The lowest BCUT2D eigenvalue weighted by molar-refractivity contribution is -0.123. The first kappa shape index (κ1) is 17.2. The molecule has 2 atom stereocenters. The molecule has 102 valence electrons. The highest BCUT2D eigenvalue weighted by atomic mass is 35.5. The van der Waals surface area contributed by atoms with Crippen LogP contribution in [0, 0.1) is 0 Å². The molecule has 2 N–H and O–H groups in total. The number of amides is 1. The van der Waals surface area contributed by atoms with Gasteiger partial charge in [-0.05, 0) is 37.9 Å². The van der Waals surface area contributed by atoms with Crippen LogP contribution in [0.25, 0.3) is 0 Å². The lowest BCUT2D eigenvalue weighted by Crippen LogP contribution is -2.41. The van der Waals surface area contributed by atoms with Crippen LogP contribution in [0.15, 0.2) is 24.5 Å². The van der Waals surface area contributed by atoms with Crippen LogP contribution in [-0.2, 0) is 4.79 Å². The Balaban J connectivity index is 0.00000144. The molecule has 18 heavy (non-hydrogen) atoms. The van der Waals surface area contributed by atoms with Gasteiger partial charge in [0.25, 0.3) is 0 Å². The number of carbonyl (C=O) groups excluding carboxylic acids is 1. The second-order valence-corrected chi connectivity index (χ2v) is 4.17. The molecule has 1 saturated heterocycles.